The smallest absolute Gasteiger partial charge is 0.168 e. The van der Waals surface area contributed by atoms with Crippen LogP contribution in [-0.4, -0.2) is 34.0 Å². The third-order valence-electron chi connectivity index (χ3n) is 8.17. The summed E-state index contributed by atoms with van der Waals surface area (Å²) in [6.07, 6.45) is 0. The van der Waals surface area contributed by atoms with Crippen molar-refractivity contribution in [2.24, 2.45) is 16.2 Å². The lowest BCUT2D eigenvalue weighted by Gasteiger charge is -2.23. The summed E-state index contributed by atoms with van der Waals surface area (Å²) in [6, 6.07) is 23.7. The number of hydrogen-bond acceptors (Lipinski definition) is 6. The van der Waals surface area contributed by atoms with Crippen molar-refractivity contribution in [3.8, 4) is 0 Å². The number of benzene rings is 3. The van der Waals surface area contributed by atoms with Crippen LogP contribution in [-0.2, 0) is 19.6 Å². The van der Waals surface area contributed by atoms with Gasteiger partial charge in [-0.25, -0.2) is 0 Å². The number of nitrogens with one attached hydrogen (secondary N) is 3. The molecule has 0 heterocycles. The molecule has 6 heteroatoms. The zero-order valence-corrected chi connectivity index (χ0v) is 37.3. The first-order chi connectivity index (χ1) is 24.3. The highest BCUT2D eigenvalue weighted by atomic mass is 16.1. The Bertz CT molecular complexity index is 1640. The molecular formula is C48H75N3O3. The van der Waals surface area contributed by atoms with Crippen molar-refractivity contribution in [2.75, 3.05) is 0 Å². The Labute approximate surface area is 330 Å². The molecule has 3 aromatic rings. The van der Waals surface area contributed by atoms with E-state index in [-0.39, 0.29) is 50.2 Å². The fourth-order valence-electron chi connectivity index (χ4n) is 4.86. The molecule has 0 atom stereocenters. The topological polar surface area (TPSA) is 87.3 Å². The van der Waals surface area contributed by atoms with E-state index in [1.54, 1.807) is 0 Å². The number of ketones is 3. The number of rotatable bonds is 9. The van der Waals surface area contributed by atoms with Crippen molar-refractivity contribution in [1.82, 2.24) is 16.0 Å². The van der Waals surface area contributed by atoms with Crippen molar-refractivity contribution >= 4 is 17.3 Å². The van der Waals surface area contributed by atoms with Crippen molar-refractivity contribution < 1.29 is 14.4 Å². The Morgan fingerprint density at radius 2 is 0.815 bits per heavy atom. The van der Waals surface area contributed by atoms with E-state index in [9.17, 15) is 14.4 Å². The lowest BCUT2D eigenvalue weighted by molar-refractivity contribution is 0.0851. The predicted octanol–water partition coefficient (Wildman–Crippen LogP) is 11.4. The van der Waals surface area contributed by atoms with Gasteiger partial charge in [-0.3, -0.25) is 14.4 Å². The molecule has 0 bridgehead atoms. The molecule has 0 spiro atoms. The summed E-state index contributed by atoms with van der Waals surface area (Å²) in [5, 5.41) is 10.3. The SMILES string of the molecule is CC(C)(C)NCc1ccc(C(=O)C(C)(C)C)cc1.CC(C)(C)NCc1cccc(C(=O)C(C)(C)C)c1.CC(C)(C)NCc1ccccc1C(=O)C(C)(C)C. The molecule has 3 N–H and O–H groups in total. The van der Waals surface area contributed by atoms with Gasteiger partial charge in [0.05, 0.1) is 0 Å². The number of hydrogen-bond donors (Lipinski definition) is 3. The van der Waals surface area contributed by atoms with Crippen LogP contribution in [0.5, 0.6) is 0 Å². The van der Waals surface area contributed by atoms with Crippen LogP contribution in [0.3, 0.4) is 0 Å². The van der Waals surface area contributed by atoms with Gasteiger partial charge in [-0.1, -0.05) is 129 Å². The molecule has 0 aliphatic carbocycles. The van der Waals surface area contributed by atoms with Crippen LogP contribution in [0.4, 0.5) is 0 Å². The predicted molar refractivity (Wildman–Crippen MR) is 230 cm³/mol. The molecule has 0 aromatic heterocycles. The van der Waals surface area contributed by atoms with Gasteiger partial charge in [0.1, 0.15) is 0 Å². The zero-order valence-electron chi connectivity index (χ0n) is 37.3. The molecule has 0 aliphatic rings. The number of carbonyl (C=O) groups excluding carboxylic acids is 3. The van der Waals surface area contributed by atoms with Gasteiger partial charge in [-0.2, -0.15) is 0 Å². The molecule has 0 aliphatic heterocycles. The maximum absolute atomic E-state index is 12.4. The first-order valence-corrected chi connectivity index (χ1v) is 19.5. The third kappa shape index (κ3) is 19.2. The Balaban J connectivity index is 0.000000405. The van der Waals surface area contributed by atoms with Crippen molar-refractivity contribution in [3.05, 3.63) is 106 Å². The van der Waals surface area contributed by atoms with Gasteiger partial charge >= 0.3 is 0 Å². The first-order valence-electron chi connectivity index (χ1n) is 19.5. The average molecular weight is 742 g/mol. The molecular weight excluding hydrogens is 667 g/mol. The summed E-state index contributed by atoms with van der Waals surface area (Å²) < 4.78 is 0. The van der Waals surface area contributed by atoms with Crippen LogP contribution in [0.1, 0.15) is 172 Å². The summed E-state index contributed by atoms with van der Waals surface area (Å²) in [4.78, 5) is 36.7. The average Bonchev–Trinajstić information content (AvgIpc) is 3.03. The van der Waals surface area contributed by atoms with Crippen LogP contribution in [0.2, 0.25) is 0 Å². The summed E-state index contributed by atoms with van der Waals surface area (Å²) in [5.41, 5.74) is 5.14. The molecule has 3 rings (SSSR count). The molecule has 0 fully saturated rings. The van der Waals surface area contributed by atoms with Crippen LogP contribution in [0, 0.1) is 16.2 Å². The van der Waals surface area contributed by atoms with E-state index in [1.807, 2.05) is 129 Å². The summed E-state index contributed by atoms with van der Waals surface area (Å²) in [6.45, 7) is 39.1. The maximum Gasteiger partial charge on any atom is 0.168 e. The van der Waals surface area contributed by atoms with E-state index < -0.39 is 0 Å². The fraction of sp³-hybridized carbons (Fsp3) is 0.562. The van der Waals surface area contributed by atoms with Gasteiger partial charge in [0, 0.05) is 69.2 Å². The Hall–Kier alpha value is -3.45. The Morgan fingerprint density at radius 1 is 0.407 bits per heavy atom. The molecule has 0 unspecified atom stereocenters. The molecule has 0 amide bonds. The minimum absolute atomic E-state index is 0.0535. The molecule has 0 radical (unpaired) electrons. The first kappa shape index (κ1) is 48.6. The van der Waals surface area contributed by atoms with Gasteiger partial charge in [0.2, 0.25) is 0 Å². The largest absolute Gasteiger partial charge is 0.308 e. The highest BCUT2D eigenvalue weighted by Gasteiger charge is 2.26. The summed E-state index contributed by atoms with van der Waals surface area (Å²) >= 11 is 0. The molecule has 3 aromatic carbocycles. The molecule has 0 saturated heterocycles. The third-order valence-corrected chi connectivity index (χ3v) is 8.17. The zero-order chi connectivity index (χ0) is 41.9. The van der Waals surface area contributed by atoms with Crippen molar-refractivity contribution in [2.45, 2.75) is 161 Å². The van der Waals surface area contributed by atoms with E-state index in [0.717, 1.165) is 47.5 Å². The lowest BCUT2D eigenvalue weighted by atomic mass is 9.84. The standard InChI is InChI=1S/3C16H25NO/c1-15(2,3)14(18)13-9-7-12(8-10-13)11-17-16(4,5)6;1-15(2,3)14(18)13-9-7-8-12(10-13)11-17-16(4,5)6;1-15(2,3)14(18)13-10-8-7-9-12(13)11-17-16(4,5)6/h3*7-10,17H,11H2,1-6H3. The normalized spacial score (nSPS) is 12.6. The van der Waals surface area contributed by atoms with E-state index >= 15 is 0 Å². The van der Waals surface area contributed by atoms with Gasteiger partial charge in [0.15, 0.2) is 17.3 Å². The quantitative estimate of drug-likeness (QED) is 0.189. The molecule has 54 heavy (non-hydrogen) atoms. The van der Waals surface area contributed by atoms with Crippen molar-refractivity contribution in [3.63, 3.8) is 0 Å². The van der Waals surface area contributed by atoms with E-state index in [0.29, 0.717) is 0 Å². The van der Waals surface area contributed by atoms with Gasteiger partial charge in [-0.15, -0.1) is 0 Å². The van der Waals surface area contributed by atoms with Crippen LogP contribution in [0.25, 0.3) is 0 Å². The Morgan fingerprint density at radius 3 is 1.26 bits per heavy atom. The monoisotopic (exact) mass is 742 g/mol. The minimum atomic E-state index is -0.335. The molecule has 6 nitrogen and oxygen atoms in total. The number of carbonyl (C=O) groups is 3. The fourth-order valence-corrected chi connectivity index (χ4v) is 4.86. The highest BCUT2D eigenvalue weighted by molar-refractivity contribution is 6.01. The second-order valence-corrected chi connectivity index (χ2v) is 20.6. The highest BCUT2D eigenvalue weighted by Crippen LogP contribution is 2.24. The lowest BCUT2D eigenvalue weighted by Crippen LogP contribution is -2.35. The van der Waals surface area contributed by atoms with Crippen LogP contribution in [0.15, 0.2) is 72.8 Å². The van der Waals surface area contributed by atoms with E-state index in [4.69, 9.17) is 0 Å². The Kier molecular flexibility index (Phi) is 17.5. The van der Waals surface area contributed by atoms with Crippen molar-refractivity contribution in [1.29, 1.82) is 0 Å². The second kappa shape index (κ2) is 19.4. The van der Waals surface area contributed by atoms with E-state index in [1.165, 1.54) is 5.56 Å². The molecule has 300 valence electrons. The number of Topliss-reactive ketones (excluding diaryl/α,β-unsaturated/α-hetero) is 3. The van der Waals surface area contributed by atoms with Crippen LogP contribution >= 0.6 is 0 Å². The van der Waals surface area contributed by atoms with Gasteiger partial charge in [0.25, 0.3) is 0 Å². The second-order valence-electron chi connectivity index (χ2n) is 20.6. The van der Waals surface area contributed by atoms with Gasteiger partial charge in [-0.05, 0) is 85.1 Å². The maximum atomic E-state index is 12.4. The van der Waals surface area contributed by atoms with Gasteiger partial charge < -0.3 is 16.0 Å². The van der Waals surface area contributed by atoms with Crippen LogP contribution < -0.4 is 16.0 Å². The summed E-state index contributed by atoms with van der Waals surface area (Å²) in [7, 11) is 0. The summed E-state index contributed by atoms with van der Waals surface area (Å²) in [5.74, 6) is 0.590. The van der Waals surface area contributed by atoms with E-state index in [2.05, 4.69) is 84.3 Å². The molecule has 0 saturated carbocycles. The minimum Gasteiger partial charge on any atom is -0.308 e.